The normalized spacial score (nSPS) is 16.5. The van der Waals surface area contributed by atoms with Gasteiger partial charge in [-0.3, -0.25) is 9.69 Å². The van der Waals surface area contributed by atoms with E-state index in [9.17, 15) is 4.79 Å². The number of carbonyl (C=O) groups is 1. The molecule has 1 fully saturated rings. The van der Waals surface area contributed by atoms with Gasteiger partial charge >= 0.3 is 0 Å². The molecule has 1 amide bonds. The molecular weight excluding hydrogens is 419 g/mol. The maximum absolute atomic E-state index is 15.0. The number of benzene rings is 2. The third-order valence-corrected chi connectivity index (χ3v) is 6.22. The summed E-state index contributed by atoms with van der Waals surface area (Å²) >= 11 is 0. The van der Waals surface area contributed by atoms with Crippen LogP contribution in [-0.2, 0) is 11.3 Å². The average molecular weight is 451 g/mol. The molecule has 1 N–H and O–H groups in total. The number of nitrogens with one attached hydrogen (secondary N) is 1. The first-order valence-corrected chi connectivity index (χ1v) is 11.5. The van der Waals surface area contributed by atoms with E-state index in [0.29, 0.717) is 36.1 Å². The highest BCUT2D eigenvalue weighted by atomic mass is 19.1. The van der Waals surface area contributed by atoms with Crippen LogP contribution in [0.1, 0.15) is 38.2 Å². The zero-order valence-corrected chi connectivity index (χ0v) is 19.3. The van der Waals surface area contributed by atoms with Crippen LogP contribution in [-0.4, -0.2) is 46.8 Å². The summed E-state index contributed by atoms with van der Waals surface area (Å²) in [6, 6.07) is 15.1. The smallest absolute Gasteiger partial charge is 0.216 e. The number of hydrogen-bond acceptors (Lipinski definition) is 4. The number of methoxy groups -OCH3 is 1. The van der Waals surface area contributed by atoms with Gasteiger partial charge in [0.25, 0.3) is 0 Å². The van der Waals surface area contributed by atoms with Gasteiger partial charge in [-0.15, -0.1) is 0 Å². The zero-order chi connectivity index (χ0) is 23.2. The van der Waals surface area contributed by atoms with Gasteiger partial charge in [0.2, 0.25) is 5.91 Å². The van der Waals surface area contributed by atoms with Crippen molar-refractivity contribution < 1.29 is 13.9 Å². The van der Waals surface area contributed by atoms with Crippen molar-refractivity contribution in [1.82, 2.24) is 20.0 Å². The molecule has 7 heteroatoms. The van der Waals surface area contributed by atoms with Crippen LogP contribution in [0, 0.1) is 5.82 Å². The lowest BCUT2D eigenvalue weighted by Crippen LogP contribution is -2.41. The topological polar surface area (TPSA) is 59.4 Å². The summed E-state index contributed by atoms with van der Waals surface area (Å²) < 4.78 is 22.0. The van der Waals surface area contributed by atoms with Gasteiger partial charge in [0, 0.05) is 49.4 Å². The molecule has 33 heavy (non-hydrogen) atoms. The predicted molar refractivity (Wildman–Crippen MR) is 127 cm³/mol. The summed E-state index contributed by atoms with van der Waals surface area (Å²) in [6.07, 6.45) is 6.32. The number of rotatable bonds is 8. The number of nitrogens with zero attached hydrogens (tertiary/aromatic N) is 3. The molecule has 1 aliphatic rings. The van der Waals surface area contributed by atoms with Crippen molar-refractivity contribution in [3.8, 4) is 22.7 Å². The SMILES string of the molecule is COc1ccc(-c2nn(-c3ccccc3)cc2CN2CCCCC2CCNC(C)=O)c(F)c1. The fraction of sp³-hybridized carbons (Fsp3) is 0.385. The number of likely N-dealkylation sites (tertiary alicyclic amines) is 1. The van der Waals surface area contributed by atoms with Crippen molar-refractivity contribution in [3.63, 3.8) is 0 Å². The number of aromatic nitrogens is 2. The quantitative estimate of drug-likeness (QED) is 0.546. The molecule has 2 aromatic carbocycles. The number of hydrogen-bond donors (Lipinski definition) is 1. The molecule has 1 aliphatic heterocycles. The van der Waals surface area contributed by atoms with E-state index in [0.717, 1.165) is 37.1 Å². The minimum absolute atomic E-state index is 0.00114. The van der Waals surface area contributed by atoms with E-state index in [2.05, 4.69) is 10.2 Å². The van der Waals surface area contributed by atoms with Gasteiger partial charge in [0.1, 0.15) is 17.3 Å². The molecule has 174 valence electrons. The fourth-order valence-corrected chi connectivity index (χ4v) is 4.51. The van der Waals surface area contributed by atoms with E-state index >= 15 is 4.39 Å². The van der Waals surface area contributed by atoms with Crippen LogP contribution in [0.25, 0.3) is 16.9 Å². The molecule has 1 unspecified atom stereocenters. The summed E-state index contributed by atoms with van der Waals surface area (Å²) in [7, 11) is 1.53. The number of carbonyl (C=O) groups excluding carboxylic acids is 1. The minimum Gasteiger partial charge on any atom is -0.497 e. The highest BCUT2D eigenvalue weighted by Gasteiger charge is 2.25. The van der Waals surface area contributed by atoms with E-state index < -0.39 is 0 Å². The first-order chi connectivity index (χ1) is 16.0. The van der Waals surface area contributed by atoms with Crippen LogP contribution < -0.4 is 10.1 Å². The molecule has 0 aliphatic carbocycles. The van der Waals surface area contributed by atoms with E-state index in [-0.39, 0.29) is 11.7 Å². The second kappa shape index (κ2) is 10.6. The predicted octanol–water partition coefficient (Wildman–Crippen LogP) is 4.57. The monoisotopic (exact) mass is 450 g/mol. The Morgan fingerprint density at radius 3 is 2.76 bits per heavy atom. The van der Waals surface area contributed by atoms with Gasteiger partial charge in [-0.25, -0.2) is 9.07 Å². The third kappa shape index (κ3) is 5.60. The second-order valence-electron chi connectivity index (χ2n) is 8.52. The van der Waals surface area contributed by atoms with Crippen molar-refractivity contribution in [2.75, 3.05) is 20.2 Å². The molecule has 0 radical (unpaired) electrons. The maximum atomic E-state index is 15.0. The van der Waals surface area contributed by atoms with E-state index in [1.54, 1.807) is 19.1 Å². The van der Waals surface area contributed by atoms with Crippen LogP contribution in [0.3, 0.4) is 0 Å². The molecule has 0 saturated carbocycles. The Morgan fingerprint density at radius 2 is 2.03 bits per heavy atom. The largest absolute Gasteiger partial charge is 0.497 e. The Morgan fingerprint density at radius 1 is 1.21 bits per heavy atom. The summed E-state index contributed by atoms with van der Waals surface area (Å²) in [5.74, 6) is 0.128. The molecule has 6 nitrogen and oxygen atoms in total. The summed E-state index contributed by atoms with van der Waals surface area (Å²) in [6.45, 7) is 3.87. The highest BCUT2D eigenvalue weighted by molar-refractivity contribution is 5.72. The van der Waals surface area contributed by atoms with Gasteiger partial charge in [-0.1, -0.05) is 24.6 Å². The van der Waals surface area contributed by atoms with Crippen molar-refractivity contribution >= 4 is 5.91 Å². The molecule has 2 heterocycles. The highest BCUT2D eigenvalue weighted by Crippen LogP contribution is 2.31. The van der Waals surface area contributed by atoms with Crippen molar-refractivity contribution in [1.29, 1.82) is 0 Å². The van der Waals surface area contributed by atoms with E-state index in [4.69, 9.17) is 9.84 Å². The lowest BCUT2D eigenvalue weighted by Gasteiger charge is -2.35. The van der Waals surface area contributed by atoms with Crippen molar-refractivity contribution in [3.05, 3.63) is 66.1 Å². The molecule has 1 saturated heterocycles. The van der Waals surface area contributed by atoms with Gasteiger partial charge in [-0.2, -0.15) is 5.10 Å². The minimum atomic E-state index is -0.352. The number of halogens is 1. The summed E-state index contributed by atoms with van der Waals surface area (Å²) in [5.41, 5.74) is 3.02. The Kier molecular flexibility index (Phi) is 7.40. The standard InChI is InChI=1S/C26H31FN4O2/c1-19(32)28-14-13-21-8-6-7-15-30(21)17-20-18-31(22-9-4-3-5-10-22)29-26(20)24-12-11-23(33-2)16-25(24)27/h3-5,9-12,16,18,21H,6-8,13-15,17H2,1-2H3,(H,28,32). The average Bonchev–Trinajstić information content (AvgIpc) is 3.24. The van der Waals surface area contributed by atoms with Gasteiger partial charge in [0.15, 0.2) is 0 Å². The molecule has 3 aromatic rings. The van der Waals surface area contributed by atoms with Crippen molar-refractivity contribution in [2.24, 2.45) is 0 Å². The number of ether oxygens (including phenoxy) is 1. The third-order valence-electron chi connectivity index (χ3n) is 6.22. The van der Waals surface area contributed by atoms with Gasteiger partial charge in [0.05, 0.1) is 12.8 Å². The Hall–Kier alpha value is -3.19. The first-order valence-electron chi connectivity index (χ1n) is 11.5. The lowest BCUT2D eigenvalue weighted by atomic mass is 9.98. The first kappa shape index (κ1) is 23.0. The Bertz CT molecular complexity index is 1080. The lowest BCUT2D eigenvalue weighted by molar-refractivity contribution is -0.119. The maximum Gasteiger partial charge on any atom is 0.216 e. The van der Waals surface area contributed by atoms with Crippen LogP contribution in [0.4, 0.5) is 4.39 Å². The van der Waals surface area contributed by atoms with Crippen molar-refractivity contribution in [2.45, 2.75) is 45.2 Å². The zero-order valence-electron chi connectivity index (χ0n) is 19.3. The van der Waals surface area contributed by atoms with E-state index in [1.165, 1.54) is 19.6 Å². The number of amides is 1. The molecule has 0 bridgehead atoms. The Labute approximate surface area is 194 Å². The van der Waals surface area contributed by atoms with Crippen LogP contribution in [0.15, 0.2) is 54.7 Å². The van der Waals surface area contributed by atoms with Crippen LogP contribution in [0.5, 0.6) is 5.75 Å². The molecule has 1 atom stereocenters. The van der Waals surface area contributed by atoms with E-state index in [1.807, 2.05) is 41.2 Å². The fourth-order valence-electron chi connectivity index (χ4n) is 4.51. The summed E-state index contributed by atoms with van der Waals surface area (Å²) in [5, 5.41) is 7.71. The Balaban J connectivity index is 1.65. The molecule has 0 spiro atoms. The molecule has 1 aromatic heterocycles. The second-order valence-corrected chi connectivity index (χ2v) is 8.52. The van der Waals surface area contributed by atoms with Crippen LogP contribution in [0.2, 0.25) is 0 Å². The van der Waals surface area contributed by atoms with Gasteiger partial charge < -0.3 is 10.1 Å². The molecule has 4 rings (SSSR count). The number of piperidine rings is 1. The number of para-hydroxylation sites is 1. The van der Waals surface area contributed by atoms with Crippen LogP contribution >= 0.6 is 0 Å². The summed E-state index contributed by atoms with van der Waals surface area (Å²) in [4.78, 5) is 13.7. The van der Waals surface area contributed by atoms with Gasteiger partial charge in [-0.05, 0) is 50.1 Å². The molecular formula is C26H31FN4O2.